The predicted octanol–water partition coefficient (Wildman–Crippen LogP) is 4.29. The molecule has 7 heteroatoms. The monoisotopic (exact) mass is 378 g/mol. The standard InChI is InChI=1S/C21H19FN4O2/c1-13-17-5-4-6-18(22)20(17)28-19(13)21(27)25(3)14(2)15-7-9-16(10-8-15)26-12-23-11-24-26/h4-12,14H,1-3H3/t14-/m0/s1. The van der Waals surface area contributed by atoms with E-state index in [1.807, 2.05) is 31.2 Å². The van der Waals surface area contributed by atoms with Crippen molar-refractivity contribution in [3.8, 4) is 5.69 Å². The van der Waals surface area contributed by atoms with Crippen molar-refractivity contribution in [1.29, 1.82) is 0 Å². The molecule has 4 aromatic rings. The first-order chi connectivity index (χ1) is 13.5. The lowest BCUT2D eigenvalue weighted by atomic mass is 10.1. The maximum atomic E-state index is 14.0. The number of furan rings is 1. The van der Waals surface area contributed by atoms with Crippen molar-refractivity contribution >= 4 is 16.9 Å². The Balaban J connectivity index is 1.60. The third-order valence-electron chi connectivity index (χ3n) is 5.07. The summed E-state index contributed by atoms with van der Waals surface area (Å²) in [6, 6.07) is 12.2. The lowest BCUT2D eigenvalue weighted by molar-refractivity contribution is 0.0711. The number of carbonyl (C=O) groups excluding carboxylic acids is 1. The first-order valence-corrected chi connectivity index (χ1v) is 8.87. The van der Waals surface area contributed by atoms with Gasteiger partial charge in [0.05, 0.1) is 11.7 Å². The zero-order chi connectivity index (χ0) is 19.8. The van der Waals surface area contributed by atoms with Gasteiger partial charge in [-0.15, -0.1) is 0 Å². The van der Waals surface area contributed by atoms with Gasteiger partial charge in [-0.05, 0) is 37.6 Å². The molecule has 0 spiro atoms. The summed E-state index contributed by atoms with van der Waals surface area (Å²) in [6.45, 7) is 3.70. The summed E-state index contributed by atoms with van der Waals surface area (Å²) in [4.78, 5) is 18.5. The van der Waals surface area contributed by atoms with E-state index in [1.54, 1.807) is 42.0 Å². The number of aryl methyl sites for hydroxylation is 1. The second-order valence-electron chi connectivity index (χ2n) is 6.70. The molecule has 6 nitrogen and oxygen atoms in total. The molecule has 0 saturated carbocycles. The molecule has 0 N–H and O–H groups in total. The smallest absolute Gasteiger partial charge is 0.290 e. The number of hydrogen-bond acceptors (Lipinski definition) is 4. The van der Waals surface area contributed by atoms with Crippen molar-refractivity contribution < 1.29 is 13.6 Å². The van der Waals surface area contributed by atoms with E-state index in [1.165, 1.54) is 12.4 Å². The Morgan fingerprint density at radius 2 is 1.96 bits per heavy atom. The number of amides is 1. The summed E-state index contributed by atoms with van der Waals surface area (Å²) in [5, 5.41) is 4.71. The van der Waals surface area contributed by atoms with Crippen LogP contribution in [-0.2, 0) is 0 Å². The van der Waals surface area contributed by atoms with Gasteiger partial charge in [-0.1, -0.05) is 24.3 Å². The number of hydrogen-bond donors (Lipinski definition) is 0. The summed E-state index contributed by atoms with van der Waals surface area (Å²) < 4.78 is 21.2. The van der Waals surface area contributed by atoms with Gasteiger partial charge in [-0.3, -0.25) is 4.79 Å². The van der Waals surface area contributed by atoms with Gasteiger partial charge in [0.2, 0.25) is 0 Å². The third kappa shape index (κ3) is 2.94. The van der Waals surface area contributed by atoms with Crippen LogP contribution in [0, 0.1) is 12.7 Å². The highest BCUT2D eigenvalue weighted by atomic mass is 19.1. The van der Waals surface area contributed by atoms with E-state index in [2.05, 4.69) is 10.1 Å². The molecule has 2 aromatic heterocycles. The van der Waals surface area contributed by atoms with Gasteiger partial charge in [0.25, 0.3) is 5.91 Å². The fourth-order valence-electron chi connectivity index (χ4n) is 3.22. The number of halogens is 1. The molecular weight excluding hydrogens is 359 g/mol. The van der Waals surface area contributed by atoms with Gasteiger partial charge in [0.15, 0.2) is 17.2 Å². The fraction of sp³-hybridized carbons (Fsp3) is 0.190. The Labute approximate surface area is 161 Å². The second-order valence-corrected chi connectivity index (χ2v) is 6.70. The molecule has 0 bridgehead atoms. The van der Waals surface area contributed by atoms with Crippen LogP contribution in [-0.4, -0.2) is 32.6 Å². The zero-order valence-electron chi connectivity index (χ0n) is 15.8. The summed E-state index contributed by atoms with van der Waals surface area (Å²) in [7, 11) is 1.71. The highest BCUT2D eigenvalue weighted by molar-refractivity contribution is 5.99. The average Bonchev–Trinajstić information content (AvgIpc) is 3.36. The molecule has 0 saturated heterocycles. The quantitative estimate of drug-likeness (QED) is 0.531. The maximum Gasteiger partial charge on any atom is 0.290 e. The summed E-state index contributed by atoms with van der Waals surface area (Å²) in [5.74, 6) is -0.603. The van der Waals surface area contributed by atoms with E-state index in [0.29, 0.717) is 10.9 Å². The largest absolute Gasteiger partial charge is 0.448 e. The Morgan fingerprint density at radius 3 is 2.61 bits per heavy atom. The molecule has 28 heavy (non-hydrogen) atoms. The van der Waals surface area contributed by atoms with Crippen LogP contribution in [0.5, 0.6) is 0 Å². The Kier molecular flexibility index (Phi) is 4.43. The van der Waals surface area contributed by atoms with Crippen LogP contribution in [0.2, 0.25) is 0 Å². The molecule has 0 aliphatic rings. The minimum atomic E-state index is -0.473. The average molecular weight is 378 g/mol. The Hall–Kier alpha value is -3.48. The molecule has 0 unspecified atom stereocenters. The molecule has 0 fully saturated rings. The third-order valence-corrected chi connectivity index (χ3v) is 5.07. The Bertz CT molecular complexity index is 1130. The topological polar surface area (TPSA) is 64.2 Å². The molecule has 0 aliphatic heterocycles. The number of benzene rings is 2. The molecule has 1 atom stereocenters. The first kappa shape index (κ1) is 17.9. The number of nitrogens with zero attached hydrogens (tertiary/aromatic N) is 4. The van der Waals surface area contributed by atoms with Gasteiger partial charge in [0.1, 0.15) is 12.7 Å². The number of rotatable bonds is 4. The van der Waals surface area contributed by atoms with Gasteiger partial charge in [0, 0.05) is 18.0 Å². The number of aromatic nitrogens is 3. The lowest BCUT2D eigenvalue weighted by Gasteiger charge is -2.25. The summed E-state index contributed by atoms with van der Waals surface area (Å²) in [6.07, 6.45) is 3.10. The molecule has 0 radical (unpaired) electrons. The zero-order valence-corrected chi connectivity index (χ0v) is 15.8. The molecule has 4 rings (SSSR count). The molecule has 0 aliphatic carbocycles. The van der Waals surface area contributed by atoms with Crippen LogP contribution < -0.4 is 0 Å². The highest BCUT2D eigenvalue weighted by Gasteiger charge is 2.25. The van der Waals surface area contributed by atoms with Crippen molar-refractivity contribution in [2.24, 2.45) is 0 Å². The molecular formula is C21H19FN4O2. The van der Waals surface area contributed by atoms with Crippen LogP contribution >= 0.6 is 0 Å². The lowest BCUT2D eigenvalue weighted by Crippen LogP contribution is -2.29. The van der Waals surface area contributed by atoms with E-state index in [9.17, 15) is 9.18 Å². The number of para-hydroxylation sites is 1. The minimum Gasteiger partial charge on any atom is -0.448 e. The summed E-state index contributed by atoms with van der Waals surface area (Å²) >= 11 is 0. The fourth-order valence-corrected chi connectivity index (χ4v) is 3.22. The van der Waals surface area contributed by atoms with Crippen molar-refractivity contribution in [3.63, 3.8) is 0 Å². The van der Waals surface area contributed by atoms with Gasteiger partial charge < -0.3 is 9.32 Å². The predicted molar refractivity (Wildman–Crippen MR) is 103 cm³/mol. The van der Waals surface area contributed by atoms with Gasteiger partial charge in [-0.25, -0.2) is 14.1 Å². The molecule has 2 heterocycles. The summed E-state index contributed by atoms with van der Waals surface area (Å²) in [5.41, 5.74) is 2.59. The van der Waals surface area contributed by atoms with E-state index >= 15 is 0 Å². The molecule has 142 valence electrons. The van der Waals surface area contributed by atoms with Crippen LogP contribution in [0.15, 0.2) is 59.5 Å². The van der Waals surface area contributed by atoms with E-state index in [4.69, 9.17) is 4.42 Å². The van der Waals surface area contributed by atoms with Crippen LogP contribution in [0.3, 0.4) is 0 Å². The Morgan fingerprint density at radius 1 is 1.21 bits per heavy atom. The minimum absolute atomic E-state index is 0.113. The van der Waals surface area contributed by atoms with Crippen molar-refractivity contribution in [3.05, 3.63) is 77.8 Å². The number of carbonyl (C=O) groups is 1. The van der Waals surface area contributed by atoms with Crippen molar-refractivity contribution in [2.45, 2.75) is 19.9 Å². The second kappa shape index (κ2) is 6.92. The number of fused-ring (bicyclic) bond motifs is 1. The van der Waals surface area contributed by atoms with E-state index in [-0.39, 0.29) is 23.3 Å². The molecule has 2 aromatic carbocycles. The van der Waals surface area contributed by atoms with Gasteiger partial charge in [-0.2, -0.15) is 5.10 Å². The van der Waals surface area contributed by atoms with Crippen molar-refractivity contribution in [1.82, 2.24) is 19.7 Å². The van der Waals surface area contributed by atoms with E-state index in [0.717, 1.165) is 11.3 Å². The van der Waals surface area contributed by atoms with Gasteiger partial charge >= 0.3 is 0 Å². The van der Waals surface area contributed by atoms with Crippen LogP contribution in [0.1, 0.15) is 34.6 Å². The molecule has 1 amide bonds. The van der Waals surface area contributed by atoms with E-state index < -0.39 is 5.82 Å². The first-order valence-electron chi connectivity index (χ1n) is 8.87. The van der Waals surface area contributed by atoms with Crippen molar-refractivity contribution in [2.75, 3.05) is 7.05 Å². The SMILES string of the molecule is Cc1c(C(=O)N(C)[C@@H](C)c2ccc(-n3cncn3)cc2)oc2c(F)cccc12. The normalized spacial score (nSPS) is 12.3. The van der Waals surface area contributed by atoms with Crippen LogP contribution in [0.25, 0.3) is 16.7 Å². The van der Waals surface area contributed by atoms with Crippen LogP contribution in [0.4, 0.5) is 4.39 Å². The highest BCUT2D eigenvalue weighted by Crippen LogP contribution is 2.30. The maximum absolute atomic E-state index is 14.0.